The van der Waals surface area contributed by atoms with Crippen LogP contribution in [0.4, 0.5) is 0 Å². The van der Waals surface area contributed by atoms with Crippen molar-refractivity contribution in [2.24, 2.45) is 0 Å². The Balaban J connectivity index is 1.59. The molecule has 2 atom stereocenters. The Hall–Kier alpha value is -3.94. The second-order valence-corrected chi connectivity index (χ2v) is 8.02. The Kier molecular flexibility index (Phi) is 6.00. The molecule has 2 unspecified atom stereocenters. The number of esters is 1. The highest BCUT2D eigenvalue weighted by Crippen LogP contribution is 2.31. The van der Waals surface area contributed by atoms with Crippen molar-refractivity contribution in [3.63, 3.8) is 0 Å². The highest BCUT2D eigenvalue weighted by Gasteiger charge is 2.26. The van der Waals surface area contributed by atoms with Gasteiger partial charge in [-0.1, -0.05) is 35.5 Å². The summed E-state index contributed by atoms with van der Waals surface area (Å²) in [4.78, 5) is 30.3. The van der Waals surface area contributed by atoms with Crippen molar-refractivity contribution in [1.29, 1.82) is 0 Å². The van der Waals surface area contributed by atoms with Crippen LogP contribution in [0, 0.1) is 20.8 Å². The van der Waals surface area contributed by atoms with Gasteiger partial charge >= 0.3 is 5.97 Å². The molecule has 8 nitrogen and oxygen atoms in total. The van der Waals surface area contributed by atoms with Crippen molar-refractivity contribution in [1.82, 2.24) is 15.5 Å². The molecule has 1 amide bonds. The number of furan rings is 1. The lowest BCUT2D eigenvalue weighted by Crippen LogP contribution is -2.37. The van der Waals surface area contributed by atoms with Gasteiger partial charge in [-0.2, -0.15) is 0 Å². The molecule has 4 rings (SSSR count). The van der Waals surface area contributed by atoms with Crippen molar-refractivity contribution in [3.05, 3.63) is 70.8 Å². The normalized spacial score (nSPS) is 13.0. The van der Waals surface area contributed by atoms with Crippen LogP contribution in [0.25, 0.3) is 22.4 Å². The van der Waals surface area contributed by atoms with E-state index in [2.05, 4.69) is 15.5 Å². The van der Waals surface area contributed by atoms with Crippen LogP contribution in [0.5, 0.6) is 0 Å². The maximum Gasteiger partial charge on any atom is 0.339 e. The number of benzene rings is 1. The molecule has 0 saturated carbocycles. The largest absolute Gasteiger partial charge is 0.466 e. The number of nitrogens with zero attached hydrogens (tertiary/aromatic N) is 2. The van der Waals surface area contributed by atoms with Crippen LogP contribution in [-0.2, 0) is 9.53 Å². The Morgan fingerprint density at radius 2 is 1.79 bits per heavy atom. The van der Waals surface area contributed by atoms with Crippen LogP contribution in [-0.4, -0.2) is 28.1 Å². The molecule has 0 aliphatic carbocycles. The van der Waals surface area contributed by atoms with Gasteiger partial charge in [0.2, 0.25) is 0 Å². The maximum atomic E-state index is 13.1. The second kappa shape index (κ2) is 8.90. The molecule has 0 radical (unpaired) electrons. The minimum Gasteiger partial charge on any atom is -0.466 e. The fourth-order valence-corrected chi connectivity index (χ4v) is 3.71. The Morgan fingerprint density at radius 1 is 1.06 bits per heavy atom. The third-order valence-electron chi connectivity index (χ3n) is 5.47. The van der Waals surface area contributed by atoms with Gasteiger partial charge in [0.25, 0.3) is 11.6 Å². The van der Waals surface area contributed by atoms with E-state index >= 15 is 0 Å². The summed E-state index contributed by atoms with van der Waals surface area (Å²) in [6.45, 7) is 8.77. The lowest BCUT2D eigenvalue weighted by molar-refractivity contribution is -0.129. The van der Waals surface area contributed by atoms with Crippen LogP contribution in [0.2, 0.25) is 0 Å². The summed E-state index contributed by atoms with van der Waals surface area (Å²) in [5.41, 5.74) is 3.13. The lowest BCUT2D eigenvalue weighted by Gasteiger charge is -2.18. The summed E-state index contributed by atoms with van der Waals surface area (Å²) >= 11 is 0. The standard InChI is InChI=1S/C25H25N3O5/c1-13-11-19(16(4)31-13)21-12-20(22-15(3)28-33-24(22)27-21)25(30)32-17(5)23(29)26-14(2)18-9-7-6-8-10-18/h6-12,14,17H,1-5H3,(H,26,29). The van der Waals surface area contributed by atoms with Crippen molar-refractivity contribution in [2.45, 2.75) is 46.8 Å². The fraction of sp³-hybridized carbons (Fsp3) is 0.280. The first-order valence-electron chi connectivity index (χ1n) is 10.6. The molecule has 33 heavy (non-hydrogen) atoms. The van der Waals surface area contributed by atoms with E-state index in [0.29, 0.717) is 22.5 Å². The predicted molar refractivity (Wildman–Crippen MR) is 122 cm³/mol. The average Bonchev–Trinajstić information content (AvgIpc) is 3.34. The van der Waals surface area contributed by atoms with Gasteiger partial charge in [0.15, 0.2) is 6.10 Å². The minimum atomic E-state index is -1.01. The molecular formula is C25H25N3O5. The molecule has 3 heterocycles. The number of carbonyl (C=O) groups excluding carboxylic acids is 2. The van der Waals surface area contributed by atoms with E-state index in [4.69, 9.17) is 13.7 Å². The van der Waals surface area contributed by atoms with E-state index < -0.39 is 18.0 Å². The molecule has 4 aromatic rings. The van der Waals surface area contributed by atoms with Crippen LogP contribution in [0.1, 0.15) is 53.0 Å². The third kappa shape index (κ3) is 4.50. The number of hydrogen-bond acceptors (Lipinski definition) is 7. The summed E-state index contributed by atoms with van der Waals surface area (Å²) in [5, 5.41) is 7.26. The highest BCUT2D eigenvalue weighted by molar-refractivity contribution is 6.05. The molecule has 170 valence electrons. The minimum absolute atomic E-state index is 0.213. The van der Waals surface area contributed by atoms with Crippen molar-refractivity contribution in [3.8, 4) is 11.3 Å². The number of nitrogens with one attached hydrogen (secondary N) is 1. The summed E-state index contributed by atoms with van der Waals surface area (Å²) in [6, 6.07) is 12.8. The summed E-state index contributed by atoms with van der Waals surface area (Å²) in [5.74, 6) is 0.328. The average molecular weight is 447 g/mol. The monoisotopic (exact) mass is 447 g/mol. The molecule has 0 saturated heterocycles. The molecule has 0 spiro atoms. The number of ether oxygens (including phenoxy) is 1. The molecule has 0 aliphatic heterocycles. The van der Waals surface area contributed by atoms with E-state index in [0.717, 1.165) is 16.9 Å². The van der Waals surface area contributed by atoms with E-state index in [1.807, 2.05) is 57.2 Å². The quantitative estimate of drug-likeness (QED) is 0.422. The van der Waals surface area contributed by atoms with Gasteiger partial charge in [0.05, 0.1) is 28.4 Å². The molecule has 3 aromatic heterocycles. The zero-order valence-corrected chi connectivity index (χ0v) is 19.1. The molecule has 1 aromatic carbocycles. The van der Waals surface area contributed by atoms with E-state index in [9.17, 15) is 9.59 Å². The zero-order chi connectivity index (χ0) is 23.7. The first-order chi connectivity index (χ1) is 15.7. The summed E-state index contributed by atoms with van der Waals surface area (Å²) < 4.78 is 16.4. The number of rotatable bonds is 6. The first kappa shape index (κ1) is 22.3. The first-order valence-corrected chi connectivity index (χ1v) is 10.6. The Labute approximate surface area is 190 Å². The molecular weight excluding hydrogens is 422 g/mol. The van der Waals surface area contributed by atoms with Gasteiger partial charge in [-0.25, -0.2) is 9.78 Å². The van der Waals surface area contributed by atoms with Gasteiger partial charge in [0.1, 0.15) is 11.5 Å². The second-order valence-electron chi connectivity index (χ2n) is 8.02. The van der Waals surface area contributed by atoms with Crippen molar-refractivity contribution >= 4 is 23.0 Å². The van der Waals surface area contributed by atoms with Gasteiger partial charge in [0, 0.05) is 5.56 Å². The van der Waals surface area contributed by atoms with Crippen LogP contribution >= 0.6 is 0 Å². The zero-order valence-electron chi connectivity index (χ0n) is 19.1. The highest BCUT2D eigenvalue weighted by atomic mass is 16.5. The fourth-order valence-electron chi connectivity index (χ4n) is 3.71. The van der Waals surface area contributed by atoms with Gasteiger partial charge in [-0.3, -0.25) is 4.79 Å². The smallest absolute Gasteiger partial charge is 0.339 e. The van der Waals surface area contributed by atoms with Gasteiger partial charge in [-0.15, -0.1) is 0 Å². The van der Waals surface area contributed by atoms with Crippen LogP contribution in [0.3, 0.4) is 0 Å². The maximum absolute atomic E-state index is 13.1. The number of aryl methyl sites for hydroxylation is 3. The summed E-state index contributed by atoms with van der Waals surface area (Å²) in [6.07, 6.45) is -1.01. The molecule has 1 N–H and O–H groups in total. The molecule has 0 bridgehead atoms. The Morgan fingerprint density at radius 3 is 2.45 bits per heavy atom. The number of carbonyl (C=O) groups is 2. The van der Waals surface area contributed by atoms with Crippen LogP contribution < -0.4 is 5.32 Å². The van der Waals surface area contributed by atoms with E-state index in [1.54, 1.807) is 13.0 Å². The SMILES string of the molecule is Cc1cc(-c2cc(C(=O)OC(C)C(=O)NC(C)c3ccccc3)c3c(C)noc3n2)c(C)o1. The number of amides is 1. The number of hydrogen-bond donors (Lipinski definition) is 1. The predicted octanol–water partition coefficient (Wildman–Crippen LogP) is 4.83. The van der Waals surface area contributed by atoms with Gasteiger partial charge in [-0.05, 0) is 52.3 Å². The molecule has 8 heteroatoms. The Bertz CT molecular complexity index is 1320. The van der Waals surface area contributed by atoms with E-state index in [-0.39, 0.29) is 17.3 Å². The van der Waals surface area contributed by atoms with E-state index in [1.165, 1.54) is 6.92 Å². The number of fused-ring (bicyclic) bond motifs is 1. The van der Waals surface area contributed by atoms with Gasteiger partial charge < -0.3 is 19.0 Å². The topological polar surface area (TPSA) is 107 Å². The number of aromatic nitrogens is 2. The molecule has 0 fully saturated rings. The lowest BCUT2D eigenvalue weighted by atomic mass is 10.1. The summed E-state index contributed by atoms with van der Waals surface area (Å²) in [7, 11) is 0. The van der Waals surface area contributed by atoms with Crippen molar-refractivity contribution < 1.29 is 23.3 Å². The van der Waals surface area contributed by atoms with Crippen molar-refractivity contribution in [2.75, 3.05) is 0 Å². The third-order valence-corrected chi connectivity index (χ3v) is 5.47. The number of pyridine rings is 1. The molecule has 0 aliphatic rings. The van der Waals surface area contributed by atoms with Crippen LogP contribution in [0.15, 0.2) is 51.4 Å².